The SMILES string of the molecule is CSc1ccc(S(=O)(=O)N(CC(=O)N(Cc2cccc(Cl)c2)C(Cc2ccccc2)C(=O)NCC(C)C)c2ccc(C)cc2)cc1. The number of nitrogens with one attached hydrogen (secondary N) is 1. The Labute approximate surface area is 282 Å². The first-order valence-corrected chi connectivity index (χ1v) is 18.1. The average molecular weight is 678 g/mol. The Balaban J connectivity index is 1.79. The smallest absolute Gasteiger partial charge is 0.264 e. The summed E-state index contributed by atoms with van der Waals surface area (Å²) in [7, 11) is -4.17. The molecule has 4 aromatic rings. The summed E-state index contributed by atoms with van der Waals surface area (Å²) in [6.45, 7) is 5.87. The molecule has 2 amide bonds. The molecule has 0 aliphatic heterocycles. The lowest BCUT2D eigenvalue weighted by Gasteiger charge is -2.34. The summed E-state index contributed by atoms with van der Waals surface area (Å²) in [5.41, 5.74) is 2.88. The number of thioether (sulfide) groups is 1. The van der Waals surface area contributed by atoms with E-state index >= 15 is 0 Å². The zero-order valence-electron chi connectivity index (χ0n) is 26.5. The maximum absolute atomic E-state index is 14.5. The molecule has 242 valence electrons. The van der Waals surface area contributed by atoms with Gasteiger partial charge in [-0.25, -0.2) is 8.42 Å². The molecule has 0 bridgehead atoms. The molecule has 4 aromatic carbocycles. The van der Waals surface area contributed by atoms with Crippen molar-refractivity contribution in [3.8, 4) is 0 Å². The number of rotatable bonds is 14. The predicted octanol–water partition coefficient (Wildman–Crippen LogP) is 6.98. The Kier molecular flexibility index (Phi) is 12.3. The standard InChI is InChI=1S/C36H40ClN3O4S2/c1-26(2)23-38-36(42)34(22-28-9-6-5-7-10-28)39(24-29-11-8-12-30(37)21-29)35(41)25-40(31-15-13-27(3)14-16-31)46(43,44)33-19-17-32(45-4)18-20-33/h5-21,26,34H,22-25H2,1-4H3,(H,38,42). The summed E-state index contributed by atoms with van der Waals surface area (Å²) in [6, 6.07) is 29.2. The maximum Gasteiger partial charge on any atom is 0.264 e. The van der Waals surface area contributed by atoms with Crippen LogP contribution >= 0.6 is 23.4 Å². The molecule has 0 fully saturated rings. The molecule has 10 heteroatoms. The number of benzene rings is 4. The van der Waals surface area contributed by atoms with Gasteiger partial charge in [0.15, 0.2) is 0 Å². The lowest BCUT2D eigenvalue weighted by molar-refractivity contribution is -0.140. The fraction of sp³-hybridized carbons (Fsp3) is 0.278. The fourth-order valence-electron chi connectivity index (χ4n) is 4.92. The van der Waals surface area contributed by atoms with Crippen molar-refractivity contribution in [3.05, 3.63) is 125 Å². The maximum atomic E-state index is 14.5. The van der Waals surface area contributed by atoms with Crippen LogP contribution in [0.2, 0.25) is 5.02 Å². The van der Waals surface area contributed by atoms with Crippen molar-refractivity contribution in [2.24, 2.45) is 5.92 Å². The number of halogens is 1. The number of hydrogen-bond acceptors (Lipinski definition) is 5. The van der Waals surface area contributed by atoms with Crippen LogP contribution in [0.3, 0.4) is 0 Å². The van der Waals surface area contributed by atoms with Crippen molar-refractivity contribution in [2.45, 2.75) is 49.6 Å². The summed E-state index contributed by atoms with van der Waals surface area (Å²) in [4.78, 5) is 30.9. The van der Waals surface area contributed by atoms with Crippen LogP contribution in [0.25, 0.3) is 0 Å². The number of hydrogen-bond donors (Lipinski definition) is 1. The summed E-state index contributed by atoms with van der Waals surface area (Å²) in [5.74, 6) is -0.645. The van der Waals surface area contributed by atoms with Gasteiger partial charge in [-0.2, -0.15) is 0 Å². The molecule has 7 nitrogen and oxygen atoms in total. The van der Waals surface area contributed by atoms with Gasteiger partial charge >= 0.3 is 0 Å². The first-order valence-electron chi connectivity index (χ1n) is 15.1. The molecule has 0 saturated carbocycles. The predicted molar refractivity (Wildman–Crippen MR) is 188 cm³/mol. The van der Waals surface area contributed by atoms with E-state index in [0.717, 1.165) is 20.3 Å². The minimum atomic E-state index is -4.17. The van der Waals surface area contributed by atoms with Gasteiger partial charge in [0.25, 0.3) is 10.0 Å². The Morgan fingerprint density at radius 1 is 0.870 bits per heavy atom. The summed E-state index contributed by atoms with van der Waals surface area (Å²) >= 11 is 7.83. The molecule has 4 rings (SSSR count). The quantitative estimate of drug-likeness (QED) is 0.146. The molecule has 0 aromatic heterocycles. The van der Waals surface area contributed by atoms with Gasteiger partial charge < -0.3 is 10.2 Å². The summed E-state index contributed by atoms with van der Waals surface area (Å²) in [5, 5.41) is 3.49. The molecule has 0 aliphatic carbocycles. The number of anilines is 1. The van der Waals surface area contributed by atoms with Crippen molar-refractivity contribution in [3.63, 3.8) is 0 Å². The van der Waals surface area contributed by atoms with Crippen LogP contribution in [0.4, 0.5) is 5.69 Å². The molecule has 1 atom stereocenters. The highest BCUT2D eigenvalue weighted by Gasteiger charge is 2.34. The third-order valence-electron chi connectivity index (χ3n) is 7.45. The largest absolute Gasteiger partial charge is 0.354 e. The van der Waals surface area contributed by atoms with E-state index in [9.17, 15) is 18.0 Å². The van der Waals surface area contributed by atoms with Gasteiger partial charge in [0.2, 0.25) is 11.8 Å². The van der Waals surface area contributed by atoms with Crippen LogP contribution in [-0.4, -0.2) is 50.5 Å². The number of nitrogens with zero attached hydrogens (tertiary/aromatic N) is 2. The first-order chi connectivity index (χ1) is 22.0. The highest BCUT2D eigenvalue weighted by Crippen LogP contribution is 2.27. The number of amides is 2. The number of aryl methyl sites for hydroxylation is 1. The average Bonchev–Trinajstić information content (AvgIpc) is 3.05. The van der Waals surface area contributed by atoms with Crippen LogP contribution in [0.15, 0.2) is 113 Å². The fourth-order valence-corrected chi connectivity index (χ4v) is 6.96. The van der Waals surface area contributed by atoms with E-state index in [2.05, 4.69) is 5.32 Å². The highest BCUT2D eigenvalue weighted by atomic mass is 35.5. The molecular weight excluding hydrogens is 638 g/mol. The molecule has 0 saturated heterocycles. The first kappa shape index (κ1) is 35.1. The van der Waals surface area contributed by atoms with Crippen molar-refractivity contribution in [1.82, 2.24) is 10.2 Å². The third kappa shape index (κ3) is 9.37. The van der Waals surface area contributed by atoms with Gasteiger partial charge in [-0.3, -0.25) is 13.9 Å². The molecule has 0 spiro atoms. The van der Waals surface area contributed by atoms with E-state index in [1.54, 1.807) is 66.7 Å². The number of carbonyl (C=O) groups excluding carboxylic acids is 2. The van der Waals surface area contributed by atoms with E-state index in [-0.39, 0.29) is 29.7 Å². The van der Waals surface area contributed by atoms with E-state index in [0.29, 0.717) is 22.8 Å². The van der Waals surface area contributed by atoms with Gasteiger partial charge in [0.05, 0.1) is 10.6 Å². The van der Waals surface area contributed by atoms with E-state index in [4.69, 9.17) is 11.6 Å². The molecule has 0 aliphatic rings. The normalized spacial score (nSPS) is 12.0. The van der Waals surface area contributed by atoms with Crippen molar-refractivity contribution < 1.29 is 18.0 Å². The van der Waals surface area contributed by atoms with Crippen molar-refractivity contribution in [2.75, 3.05) is 23.7 Å². The second kappa shape index (κ2) is 16.2. The minimum Gasteiger partial charge on any atom is -0.354 e. The minimum absolute atomic E-state index is 0.0518. The lowest BCUT2D eigenvalue weighted by atomic mass is 10.0. The Hall–Kier alpha value is -3.79. The third-order valence-corrected chi connectivity index (χ3v) is 10.2. The van der Waals surface area contributed by atoms with Crippen LogP contribution in [0, 0.1) is 12.8 Å². The second-order valence-corrected chi connectivity index (χ2v) is 14.7. The molecule has 0 radical (unpaired) electrons. The second-order valence-electron chi connectivity index (χ2n) is 11.5. The van der Waals surface area contributed by atoms with Crippen molar-refractivity contribution in [1.29, 1.82) is 0 Å². The van der Waals surface area contributed by atoms with Crippen LogP contribution in [-0.2, 0) is 32.6 Å². The van der Waals surface area contributed by atoms with Crippen LogP contribution in [0.5, 0.6) is 0 Å². The van der Waals surface area contributed by atoms with Gasteiger partial charge in [0, 0.05) is 29.4 Å². The molecule has 1 N–H and O–H groups in total. The summed E-state index contributed by atoms with van der Waals surface area (Å²) in [6.07, 6.45) is 2.16. The van der Waals surface area contributed by atoms with Crippen LogP contribution in [0.1, 0.15) is 30.5 Å². The van der Waals surface area contributed by atoms with E-state index in [1.807, 2.05) is 63.4 Å². The highest BCUT2D eigenvalue weighted by molar-refractivity contribution is 7.98. The topological polar surface area (TPSA) is 86.8 Å². The number of sulfonamides is 1. The van der Waals surface area contributed by atoms with Crippen LogP contribution < -0.4 is 9.62 Å². The number of carbonyl (C=O) groups is 2. The Morgan fingerprint density at radius 2 is 1.52 bits per heavy atom. The Morgan fingerprint density at radius 3 is 2.13 bits per heavy atom. The molecule has 0 heterocycles. The lowest BCUT2D eigenvalue weighted by Crippen LogP contribution is -2.53. The van der Waals surface area contributed by atoms with E-state index in [1.165, 1.54) is 16.7 Å². The van der Waals surface area contributed by atoms with Gasteiger partial charge in [-0.05, 0) is 78.8 Å². The van der Waals surface area contributed by atoms with E-state index < -0.39 is 28.5 Å². The zero-order chi connectivity index (χ0) is 33.3. The van der Waals surface area contributed by atoms with Gasteiger partial charge in [-0.1, -0.05) is 85.6 Å². The zero-order valence-corrected chi connectivity index (χ0v) is 28.9. The van der Waals surface area contributed by atoms with Crippen molar-refractivity contribution >= 4 is 50.9 Å². The molecule has 46 heavy (non-hydrogen) atoms. The monoisotopic (exact) mass is 677 g/mol. The van der Waals surface area contributed by atoms with Gasteiger partial charge in [-0.15, -0.1) is 11.8 Å². The Bertz CT molecular complexity index is 1710. The summed E-state index contributed by atoms with van der Waals surface area (Å²) < 4.78 is 29.5. The molecular formula is C36H40ClN3O4S2. The van der Waals surface area contributed by atoms with Gasteiger partial charge in [0.1, 0.15) is 12.6 Å². The molecule has 1 unspecified atom stereocenters.